The molecule has 1 heterocycles. The average Bonchev–Trinajstić information content (AvgIpc) is 3.22. The fourth-order valence-corrected chi connectivity index (χ4v) is 2.50. The molecule has 6 nitrogen and oxygen atoms in total. The molecule has 1 aliphatic heterocycles. The van der Waals surface area contributed by atoms with Crippen molar-refractivity contribution in [2.75, 3.05) is 26.2 Å². The second kappa shape index (κ2) is 5.48. The van der Waals surface area contributed by atoms with E-state index in [-0.39, 0.29) is 6.03 Å². The Morgan fingerprint density at radius 1 is 1.05 bits per heavy atom. The van der Waals surface area contributed by atoms with Gasteiger partial charge in [0.15, 0.2) is 0 Å². The highest BCUT2D eigenvalue weighted by Crippen LogP contribution is 2.31. The van der Waals surface area contributed by atoms with Gasteiger partial charge in [0.2, 0.25) is 0 Å². The van der Waals surface area contributed by atoms with Crippen LogP contribution >= 0.6 is 0 Å². The van der Waals surface area contributed by atoms with E-state index in [1.165, 1.54) is 12.8 Å². The van der Waals surface area contributed by atoms with Crippen LogP contribution in [0.3, 0.4) is 0 Å². The number of hydrogen-bond donors (Lipinski definition) is 2. The zero-order chi connectivity index (χ0) is 15.8. The lowest BCUT2D eigenvalue weighted by Gasteiger charge is -2.41. The second-order valence-electron chi connectivity index (χ2n) is 7.24. The van der Waals surface area contributed by atoms with E-state index in [0.29, 0.717) is 13.1 Å². The summed E-state index contributed by atoms with van der Waals surface area (Å²) in [7, 11) is 0. The molecule has 2 fully saturated rings. The number of nitrogens with one attached hydrogen (secondary N) is 1. The van der Waals surface area contributed by atoms with E-state index in [0.717, 1.165) is 19.1 Å². The largest absolute Gasteiger partial charge is 0.481 e. The Kier molecular flexibility index (Phi) is 4.19. The van der Waals surface area contributed by atoms with Crippen molar-refractivity contribution in [1.82, 2.24) is 15.1 Å². The van der Waals surface area contributed by atoms with E-state index in [4.69, 9.17) is 0 Å². The molecule has 1 saturated carbocycles. The molecule has 1 saturated heterocycles. The molecule has 0 aromatic rings. The molecule has 0 unspecified atom stereocenters. The number of nitrogens with zero attached hydrogens (tertiary/aromatic N) is 2. The van der Waals surface area contributed by atoms with Crippen LogP contribution in [0.1, 0.15) is 40.5 Å². The maximum absolute atomic E-state index is 12.4. The normalized spacial score (nSPS) is 21.2. The van der Waals surface area contributed by atoms with E-state index < -0.39 is 16.9 Å². The van der Waals surface area contributed by atoms with Gasteiger partial charge in [-0.25, -0.2) is 4.79 Å². The predicted molar refractivity (Wildman–Crippen MR) is 80.2 cm³/mol. The summed E-state index contributed by atoms with van der Waals surface area (Å²) in [6, 6.07) is 0.572. The lowest BCUT2D eigenvalue weighted by molar-refractivity contribution is -0.150. The van der Waals surface area contributed by atoms with Crippen LogP contribution in [0.2, 0.25) is 0 Å². The zero-order valence-electron chi connectivity index (χ0n) is 13.5. The first kappa shape index (κ1) is 16.1. The van der Waals surface area contributed by atoms with Gasteiger partial charge in [-0.2, -0.15) is 0 Å². The fraction of sp³-hybridized carbons (Fsp3) is 0.867. The Hall–Kier alpha value is -1.30. The lowest BCUT2D eigenvalue weighted by atomic mass is 9.74. The van der Waals surface area contributed by atoms with Gasteiger partial charge in [0.1, 0.15) is 0 Å². The first-order valence-corrected chi connectivity index (χ1v) is 7.70. The number of carboxylic acid groups (broad SMARTS) is 1. The number of aliphatic carboxylic acids is 1. The number of rotatable bonds is 4. The zero-order valence-corrected chi connectivity index (χ0v) is 13.5. The van der Waals surface area contributed by atoms with Crippen LogP contribution in [0.5, 0.6) is 0 Å². The van der Waals surface area contributed by atoms with E-state index >= 15 is 0 Å². The molecule has 2 aliphatic rings. The van der Waals surface area contributed by atoms with Gasteiger partial charge in [-0.05, 0) is 40.5 Å². The van der Waals surface area contributed by atoms with Crippen LogP contribution in [-0.4, -0.2) is 64.7 Å². The van der Waals surface area contributed by atoms with Crippen molar-refractivity contribution in [3.05, 3.63) is 0 Å². The van der Waals surface area contributed by atoms with E-state index in [1.54, 1.807) is 32.6 Å². The minimum Gasteiger partial charge on any atom is -0.481 e. The Morgan fingerprint density at radius 2 is 1.57 bits per heavy atom. The van der Waals surface area contributed by atoms with Crippen molar-refractivity contribution in [2.24, 2.45) is 5.41 Å². The minimum absolute atomic E-state index is 0.162. The van der Waals surface area contributed by atoms with Crippen LogP contribution in [-0.2, 0) is 4.79 Å². The highest BCUT2D eigenvalue weighted by Gasteiger charge is 2.45. The first-order valence-electron chi connectivity index (χ1n) is 7.70. The third kappa shape index (κ3) is 3.31. The van der Waals surface area contributed by atoms with E-state index in [1.807, 2.05) is 0 Å². The first-order chi connectivity index (χ1) is 9.65. The monoisotopic (exact) mass is 297 g/mol. The molecule has 2 N–H and O–H groups in total. The third-order valence-corrected chi connectivity index (χ3v) is 5.18. The van der Waals surface area contributed by atoms with Gasteiger partial charge in [0.25, 0.3) is 0 Å². The van der Waals surface area contributed by atoms with Crippen LogP contribution in [0.15, 0.2) is 0 Å². The van der Waals surface area contributed by atoms with Gasteiger partial charge < -0.3 is 15.3 Å². The number of urea groups is 1. The Morgan fingerprint density at radius 3 is 2.00 bits per heavy atom. The van der Waals surface area contributed by atoms with Crippen molar-refractivity contribution in [3.8, 4) is 0 Å². The van der Waals surface area contributed by atoms with Crippen molar-refractivity contribution >= 4 is 12.0 Å². The molecule has 1 aliphatic carbocycles. The van der Waals surface area contributed by atoms with E-state index in [9.17, 15) is 14.7 Å². The highest BCUT2D eigenvalue weighted by atomic mass is 16.4. The van der Waals surface area contributed by atoms with Gasteiger partial charge in [-0.1, -0.05) is 0 Å². The topological polar surface area (TPSA) is 72.9 Å². The molecule has 0 radical (unpaired) electrons. The van der Waals surface area contributed by atoms with Crippen molar-refractivity contribution < 1.29 is 14.7 Å². The predicted octanol–water partition coefficient (Wildman–Crippen LogP) is 1.37. The van der Waals surface area contributed by atoms with Crippen LogP contribution < -0.4 is 5.32 Å². The molecule has 6 heteroatoms. The average molecular weight is 297 g/mol. The van der Waals surface area contributed by atoms with Crippen LogP contribution in [0.25, 0.3) is 0 Å². The Balaban J connectivity index is 1.90. The Labute approximate surface area is 126 Å². The number of amides is 2. The summed E-state index contributed by atoms with van der Waals surface area (Å²) in [5.41, 5.74) is -1.85. The third-order valence-electron chi connectivity index (χ3n) is 5.18. The molecule has 2 amide bonds. The molecular formula is C15H27N3O3. The standard InChI is InChI=1S/C15H27N3O3/c1-14(2,12(19)20)15(3,4)16-13(21)18-9-7-17(8-10-18)11-5-6-11/h11H,5-10H2,1-4H3,(H,16,21)(H,19,20). The SMILES string of the molecule is CC(C)(NC(=O)N1CCN(C2CC2)CC1)C(C)(C)C(=O)O. The summed E-state index contributed by atoms with van der Waals surface area (Å²) in [6.07, 6.45) is 2.57. The van der Waals surface area contributed by atoms with Gasteiger partial charge in [-0.15, -0.1) is 0 Å². The quantitative estimate of drug-likeness (QED) is 0.822. The molecular weight excluding hydrogens is 270 g/mol. The molecule has 0 aromatic heterocycles. The maximum atomic E-state index is 12.4. The number of carboxylic acids is 1. The minimum atomic E-state index is -1.03. The van der Waals surface area contributed by atoms with Crippen molar-refractivity contribution in [1.29, 1.82) is 0 Å². The molecule has 120 valence electrons. The number of piperazine rings is 1. The summed E-state index contributed by atoms with van der Waals surface area (Å²) >= 11 is 0. The molecule has 0 bridgehead atoms. The van der Waals surface area contributed by atoms with Crippen molar-refractivity contribution in [2.45, 2.75) is 52.1 Å². The van der Waals surface area contributed by atoms with E-state index in [2.05, 4.69) is 10.2 Å². The maximum Gasteiger partial charge on any atom is 0.317 e. The summed E-state index contributed by atoms with van der Waals surface area (Å²) in [4.78, 5) is 28.0. The van der Waals surface area contributed by atoms with Gasteiger partial charge in [0, 0.05) is 32.2 Å². The molecule has 2 rings (SSSR count). The summed E-state index contributed by atoms with van der Waals surface area (Å²) in [6.45, 7) is 10.1. The van der Waals surface area contributed by atoms with Gasteiger partial charge in [-0.3, -0.25) is 9.69 Å². The number of carbonyl (C=O) groups is 2. The Bertz CT molecular complexity index is 422. The summed E-state index contributed by atoms with van der Waals surface area (Å²) in [5.74, 6) is -0.911. The van der Waals surface area contributed by atoms with Crippen molar-refractivity contribution in [3.63, 3.8) is 0 Å². The smallest absolute Gasteiger partial charge is 0.317 e. The summed E-state index contributed by atoms with van der Waals surface area (Å²) < 4.78 is 0. The van der Waals surface area contributed by atoms with Gasteiger partial charge in [0.05, 0.1) is 11.0 Å². The summed E-state index contributed by atoms with van der Waals surface area (Å²) in [5, 5.41) is 12.2. The number of hydrogen-bond acceptors (Lipinski definition) is 3. The second-order valence-corrected chi connectivity index (χ2v) is 7.24. The molecule has 0 atom stereocenters. The molecule has 21 heavy (non-hydrogen) atoms. The highest BCUT2D eigenvalue weighted by molar-refractivity contribution is 5.79. The van der Waals surface area contributed by atoms with Gasteiger partial charge >= 0.3 is 12.0 Å². The number of carbonyl (C=O) groups excluding carboxylic acids is 1. The van der Waals surface area contributed by atoms with Crippen LogP contribution in [0, 0.1) is 5.41 Å². The van der Waals surface area contributed by atoms with Crippen LogP contribution in [0.4, 0.5) is 4.79 Å². The molecule has 0 spiro atoms. The molecule has 0 aromatic carbocycles. The lowest BCUT2D eigenvalue weighted by Crippen LogP contribution is -2.61. The fourth-order valence-electron chi connectivity index (χ4n) is 2.50.